The van der Waals surface area contributed by atoms with Crippen molar-refractivity contribution in [3.63, 3.8) is 0 Å². The van der Waals surface area contributed by atoms with Crippen LogP contribution in [0.2, 0.25) is 9.36 Å². The van der Waals surface area contributed by atoms with E-state index in [2.05, 4.69) is 4.37 Å². The number of aromatic nitrogens is 1. The Balaban J connectivity index is 1.85. The number of rotatable bonds is 4. The zero-order chi connectivity index (χ0) is 17.1. The number of carbonyl (C=O) groups excluding carboxylic acids is 1. The second-order valence-corrected chi connectivity index (χ2v) is 6.60. The fraction of sp³-hybridized carbons (Fsp3) is 0.333. The summed E-state index contributed by atoms with van der Waals surface area (Å²) >= 11 is 12.7. The molecule has 0 unspecified atom stereocenters. The molecular formula is C15H13Cl2NO5S. The van der Waals surface area contributed by atoms with Crippen molar-refractivity contribution in [1.29, 1.82) is 0 Å². The summed E-state index contributed by atoms with van der Waals surface area (Å²) < 4.78 is 25.8. The van der Waals surface area contributed by atoms with Crippen LogP contribution in [-0.2, 0) is 9.47 Å². The third-order valence-electron chi connectivity index (χ3n) is 3.28. The molecule has 1 aliphatic rings. The van der Waals surface area contributed by atoms with Crippen LogP contribution in [0, 0.1) is 0 Å². The highest BCUT2D eigenvalue weighted by atomic mass is 35.5. The third kappa shape index (κ3) is 3.65. The Kier molecular flexibility index (Phi) is 5.57. The molecule has 1 aliphatic heterocycles. The Hall–Kier alpha value is -1.38. The van der Waals surface area contributed by atoms with E-state index in [9.17, 15) is 4.79 Å². The van der Waals surface area contributed by atoms with Crippen LogP contribution >= 0.6 is 34.7 Å². The summed E-state index contributed by atoms with van der Waals surface area (Å²) in [5.41, 5.74) is 0.685. The average Bonchev–Trinajstić information content (AvgIpc) is 2.95. The smallest absolute Gasteiger partial charge is 0.365 e. The minimum absolute atomic E-state index is 0.0377. The number of hydrogen-bond acceptors (Lipinski definition) is 7. The van der Waals surface area contributed by atoms with E-state index in [1.54, 1.807) is 18.2 Å². The molecule has 0 radical (unpaired) electrons. The van der Waals surface area contributed by atoms with E-state index in [0.717, 1.165) is 23.5 Å². The Labute approximate surface area is 152 Å². The van der Waals surface area contributed by atoms with Crippen molar-refractivity contribution in [1.82, 2.24) is 4.37 Å². The predicted molar refractivity (Wildman–Crippen MR) is 89.3 cm³/mol. The van der Waals surface area contributed by atoms with Crippen molar-refractivity contribution in [2.24, 2.45) is 0 Å². The van der Waals surface area contributed by atoms with E-state index in [-0.39, 0.29) is 20.8 Å². The average molecular weight is 390 g/mol. The van der Waals surface area contributed by atoms with Crippen molar-refractivity contribution in [3.8, 4) is 11.5 Å². The van der Waals surface area contributed by atoms with Gasteiger partial charge in [-0.3, -0.25) is 0 Å². The quantitative estimate of drug-likeness (QED) is 0.578. The van der Waals surface area contributed by atoms with Crippen LogP contribution in [0.1, 0.15) is 28.8 Å². The Morgan fingerprint density at radius 2 is 2.04 bits per heavy atom. The minimum atomic E-state index is -0.718. The fourth-order valence-electron chi connectivity index (χ4n) is 2.13. The number of halogens is 2. The van der Waals surface area contributed by atoms with E-state index < -0.39 is 12.3 Å². The first-order valence-electron chi connectivity index (χ1n) is 7.04. The number of esters is 1. The van der Waals surface area contributed by atoms with Gasteiger partial charge in [0.25, 0.3) is 0 Å². The van der Waals surface area contributed by atoms with Gasteiger partial charge >= 0.3 is 5.97 Å². The number of hydrogen-bond donors (Lipinski definition) is 0. The highest BCUT2D eigenvalue weighted by Gasteiger charge is 2.23. The van der Waals surface area contributed by atoms with Gasteiger partial charge in [0, 0.05) is 5.56 Å². The molecule has 1 aromatic heterocycles. The molecule has 0 amide bonds. The maximum Gasteiger partial charge on any atom is 0.365 e. The standard InChI is InChI=1S/C15H13Cl2NO5S/c1-20-9-4-3-8(15-21-5-2-6-22-15)7-10(9)23-14(19)12-11(16)13(17)24-18-12/h3-4,7,15H,2,5-6H2,1H3. The lowest BCUT2D eigenvalue weighted by atomic mass is 10.2. The summed E-state index contributed by atoms with van der Waals surface area (Å²) in [4.78, 5) is 12.3. The highest BCUT2D eigenvalue weighted by molar-refractivity contribution is 7.11. The van der Waals surface area contributed by atoms with E-state index in [0.29, 0.717) is 19.0 Å². The van der Waals surface area contributed by atoms with Crippen LogP contribution in [0.25, 0.3) is 0 Å². The van der Waals surface area contributed by atoms with Crippen LogP contribution < -0.4 is 9.47 Å². The first-order chi connectivity index (χ1) is 11.6. The lowest BCUT2D eigenvalue weighted by molar-refractivity contribution is -0.183. The number of benzene rings is 1. The van der Waals surface area contributed by atoms with Crippen molar-refractivity contribution >= 4 is 40.7 Å². The van der Waals surface area contributed by atoms with Gasteiger partial charge in [-0.2, -0.15) is 4.37 Å². The molecule has 0 N–H and O–H groups in total. The first kappa shape index (κ1) is 17.4. The first-order valence-corrected chi connectivity index (χ1v) is 8.57. The molecule has 0 atom stereocenters. The SMILES string of the molecule is COc1ccc(C2OCCCO2)cc1OC(=O)c1nsc(Cl)c1Cl. The zero-order valence-corrected chi connectivity index (χ0v) is 14.9. The van der Waals surface area contributed by atoms with Gasteiger partial charge in [0.1, 0.15) is 9.36 Å². The molecule has 1 saturated heterocycles. The fourth-order valence-corrected chi connectivity index (χ4v) is 3.11. The number of carbonyl (C=O) groups is 1. The lowest BCUT2D eigenvalue weighted by Gasteiger charge is -2.24. The predicted octanol–water partition coefficient (Wildman–Crippen LogP) is 4.11. The van der Waals surface area contributed by atoms with Gasteiger partial charge in [0.05, 0.1) is 20.3 Å². The highest BCUT2D eigenvalue weighted by Crippen LogP contribution is 2.35. The maximum absolute atomic E-state index is 12.3. The minimum Gasteiger partial charge on any atom is -0.493 e. The van der Waals surface area contributed by atoms with Gasteiger partial charge in [-0.05, 0) is 30.1 Å². The van der Waals surface area contributed by atoms with Gasteiger partial charge < -0.3 is 18.9 Å². The Bertz CT molecular complexity index is 745. The lowest BCUT2D eigenvalue weighted by Crippen LogP contribution is -2.18. The molecule has 6 nitrogen and oxygen atoms in total. The van der Waals surface area contributed by atoms with Crippen LogP contribution in [0.3, 0.4) is 0 Å². The summed E-state index contributed by atoms with van der Waals surface area (Å²) in [7, 11) is 1.48. The van der Waals surface area contributed by atoms with E-state index in [1.165, 1.54) is 7.11 Å². The maximum atomic E-state index is 12.3. The molecule has 3 rings (SSSR count). The molecule has 128 valence electrons. The van der Waals surface area contributed by atoms with Crippen molar-refractivity contribution < 1.29 is 23.7 Å². The number of nitrogens with zero attached hydrogens (tertiary/aromatic N) is 1. The molecule has 0 spiro atoms. The topological polar surface area (TPSA) is 66.9 Å². The molecule has 9 heteroatoms. The molecule has 1 aromatic carbocycles. The van der Waals surface area contributed by atoms with Gasteiger partial charge in [0.15, 0.2) is 23.5 Å². The Morgan fingerprint density at radius 3 is 2.67 bits per heavy atom. The number of ether oxygens (including phenoxy) is 4. The molecule has 1 fully saturated rings. The van der Waals surface area contributed by atoms with Gasteiger partial charge in [-0.15, -0.1) is 0 Å². The van der Waals surface area contributed by atoms with Crippen LogP contribution in [0.4, 0.5) is 0 Å². The van der Waals surface area contributed by atoms with Crippen LogP contribution in [0.5, 0.6) is 11.5 Å². The number of methoxy groups -OCH3 is 1. The normalized spacial score (nSPS) is 15.3. The molecule has 2 heterocycles. The largest absolute Gasteiger partial charge is 0.493 e. The van der Waals surface area contributed by atoms with Crippen molar-refractivity contribution in [3.05, 3.63) is 38.8 Å². The third-order valence-corrected chi connectivity index (χ3v) is 4.89. The second kappa shape index (κ2) is 7.67. The van der Waals surface area contributed by atoms with Gasteiger partial charge in [-0.1, -0.05) is 29.3 Å². The molecule has 2 aromatic rings. The molecule has 0 aliphatic carbocycles. The van der Waals surface area contributed by atoms with Gasteiger partial charge in [-0.25, -0.2) is 4.79 Å². The summed E-state index contributed by atoms with van der Waals surface area (Å²) in [6, 6.07) is 5.10. The molecular weight excluding hydrogens is 377 g/mol. The summed E-state index contributed by atoms with van der Waals surface area (Å²) in [5.74, 6) is -0.109. The Morgan fingerprint density at radius 1 is 1.29 bits per heavy atom. The molecule has 0 saturated carbocycles. The summed E-state index contributed by atoms with van der Waals surface area (Å²) in [6.07, 6.45) is 0.344. The van der Waals surface area contributed by atoms with Crippen LogP contribution in [0.15, 0.2) is 18.2 Å². The zero-order valence-electron chi connectivity index (χ0n) is 12.6. The van der Waals surface area contributed by atoms with Crippen LogP contribution in [-0.4, -0.2) is 30.7 Å². The van der Waals surface area contributed by atoms with Crippen molar-refractivity contribution in [2.75, 3.05) is 20.3 Å². The van der Waals surface area contributed by atoms with Crippen molar-refractivity contribution in [2.45, 2.75) is 12.7 Å². The van der Waals surface area contributed by atoms with E-state index in [4.69, 9.17) is 42.1 Å². The second-order valence-electron chi connectivity index (χ2n) is 4.85. The van der Waals surface area contributed by atoms with E-state index in [1.807, 2.05) is 0 Å². The molecule has 24 heavy (non-hydrogen) atoms. The summed E-state index contributed by atoms with van der Waals surface area (Å²) in [5, 5.41) is 0.0701. The van der Waals surface area contributed by atoms with E-state index >= 15 is 0 Å². The van der Waals surface area contributed by atoms with Gasteiger partial charge in [0.2, 0.25) is 0 Å². The molecule has 0 bridgehead atoms. The summed E-state index contributed by atoms with van der Waals surface area (Å²) in [6.45, 7) is 1.22. The monoisotopic (exact) mass is 389 g/mol.